The zero-order valence-electron chi connectivity index (χ0n) is 8.81. The summed E-state index contributed by atoms with van der Waals surface area (Å²) < 4.78 is 5.47. The van der Waals surface area contributed by atoms with Crippen LogP contribution in [0.25, 0.3) is 0 Å². The van der Waals surface area contributed by atoms with E-state index in [9.17, 15) is 0 Å². The molecule has 0 unspecified atom stereocenters. The summed E-state index contributed by atoms with van der Waals surface area (Å²) >= 11 is 0. The van der Waals surface area contributed by atoms with Gasteiger partial charge < -0.3 is 10.1 Å². The van der Waals surface area contributed by atoms with E-state index in [1.165, 1.54) is 12.8 Å². The highest BCUT2D eigenvalue weighted by Gasteiger charge is 2.19. The van der Waals surface area contributed by atoms with Crippen LogP contribution in [0.5, 0.6) is 0 Å². The van der Waals surface area contributed by atoms with E-state index in [1.54, 1.807) is 0 Å². The highest BCUT2D eigenvalue weighted by molar-refractivity contribution is 4.99. The Labute approximate surface area is 81.4 Å². The fraction of sp³-hybridized carbons (Fsp3) is 0.818. The molecule has 0 saturated heterocycles. The Morgan fingerprint density at radius 3 is 2.77 bits per heavy atom. The molecule has 76 valence electrons. The lowest BCUT2D eigenvalue weighted by Gasteiger charge is -2.09. The molecule has 2 nitrogen and oxygen atoms in total. The van der Waals surface area contributed by atoms with E-state index in [4.69, 9.17) is 4.74 Å². The lowest BCUT2D eigenvalue weighted by Crippen LogP contribution is -2.21. The molecular weight excluding hydrogens is 162 g/mol. The third-order valence-corrected chi connectivity index (χ3v) is 1.98. The van der Waals surface area contributed by atoms with Crippen molar-refractivity contribution in [3.05, 3.63) is 12.2 Å². The van der Waals surface area contributed by atoms with Crippen molar-refractivity contribution in [1.82, 2.24) is 5.32 Å². The molecule has 13 heavy (non-hydrogen) atoms. The van der Waals surface area contributed by atoms with Gasteiger partial charge in [0.15, 0.2) is 0 Å². The molecule has 0 aromatic rings. The van der Waals surface area contributed by atoms with Gasteiger partial charge in [-0.1, -0.05) is 20.4 Å². The maximum absolute atomic E-state index is 5.47. The molecule has 0 atom stereocenters. The zero-order valence-corrected chi connectivity index (χ0v) is 8.81. The second-order valence-corrected chi connectivity index (χ2v) is 4.31. The van der Waals surface area contributed by atoms with Crippen molar-refractivity contribution < 1.29 is 4.74 Å². The number of hydrogen-bond donors (Lipinski definition) is 1. The monoisotopic (exact) mass is 183 g/mol. The number of hydrogen-bond acceptors (Lipinski definition) is 2. The van der Waals surface area contributed by atoms with Gasteiger partial charge in [0, 0.05) is 19.2 Å². The van der Waals surface area contributed by atoms with E-state index >= 15 is 0 Å². The van der Waals surface area contributed by atoms with Crippen LogP contribution in [0.2, 0.25) is 0 Å². The van der Waals surface area contributed by atoms with Crippen molar-refractivity contribution in [1.29, 1.82) is 0 Å². The number of nitrogens with one attached hydrogen (secondary N) is 1. The van der Waals surface area contributed by atoms with Crippen LogP contribution in [0, 0.1) is 5.92 Å². The predicted octanol–water partition coefficient (Wildman–Crippen LogP) is 1.97. The molecule has 0 radical (unpaired) electrons. The number of rotatable bonds is 7. The fourth-order valence-corrected chi connectivity index (χ4v) is 1.07. The molecule has 0 aliphatic heterocycles. The summed E-state index contributed by atoms with van der Waals surface area (Å²) in [5.74, 6) is 0.615. The molecule has 1 aliphatic carbocycles. The van der Waals surface area contributed by atoms with Gasteiger partial charge >= 0.3 is 0 Å². The van der Waals surface area contributed by atoms with Gasteiger partial charge in [-0.3, -0.25) is 0 Å². The Morgan fingerprint density at radius 1 is 1.54 bits per heavy atom. The van der Waals surface area contributed by atoms with Gasteiger partial charge in [0.05, 0.1) is 6.61 Å². The second kappa shape index (κ2) is 5.40. The highest BCUT2D eigenvalue weighted by Crippen LogP contribution is 2.18. The van der Waals surface area contributed by atoms with Gasteiger partial charge in [0.1, 0.15) is 0 Å². The molecule has 1 fully saturated rings. The average molecular weight is 183 g/mol. The van der Waals surface area contributed by atoms with Crippen LogP contribution in [-0.2, 0) is 4.74 Å². The van der Waals surface area contributed by atoms with Crippen LogP contribution < -0.4 is 5.32 Å². The van der Waals surface area contributed by atoms with E-state index in [2.05, 4.69) is 25.7 Å². The van der Waals surface area contributed by atoms with E-state index < -0.39 is 0 Å². The SMILES string of the molecule is C=C(CNC1CC1)COCC(C)C. The molecule has 2 heteroatoms. The molecule has 1 saturated carbocycles. The summed E-state index contributed by atoms with van der Waals surface area (Å²) in [5.41, 5.74) is 1.16. The summed E-state index contributed by atoms with van der Waals surface area (Å²) in [6.07, 6.45) is 2.67. The molecule has 0 heterocycles. The third-order valence-electron chi connectivity index (χ3n) is 1.98. The molecule has 1 aliphatic rings. The van der Waals surface area contributed by atoms with Crippen molar-refractivity contribution >= 4 is 0 Å². The fourth-order valence-electron chi connectivity index (χ4n) is 1.07. The van der Waals surface area contributed by atoms with Gasteiger partial charge in [0.25, 0.3) is 0 Å². The van der Waals surface area contributed by atoms with E-state index in [1.807, 2.05) is 0 Å². The van der Waals surface area contributed by atoms with Crippen LogP contribution in [0.1, 0.15) is 26.7 Å². The van der Waals surface area contributed by atoms with Gasteiger partial charge in [-0.2, -0.15) is 0 Å². The topological polar surface area (TPSA) is 21.3 Å². The smallest absolute Gasteiger partial charge is 0.0686 e. The quantitative estimate of drug-likeness (QED) is 0.609. The van der Waals surface area contributed by atoms with E-state index in [0.717, 1.165) is 24.8 Å². The van der Waals surface area contributed by atoms with Crippen LogP contribution in [0.3, 0.4) is 0 Å². The van der Waals surface area contributed by atoms with E-state index in [-0.39, 0.29) is 0 Å². The first-order valence-electron chi connectivity index (χ1n) is 5.16. The summed E-state index contributed by atoms with van der Waals surface area (Å²) in [7, 11) is 0. The Morgan fingerprint density at radius 2 is 2.23 bits per heavy atom. The first kappa shape index (κ1) is 10.7. The minimum absolute atomic E-state index is 0.615. The van der Waals surface area contributed by atoms with Gasteiger partial charge in [-0.05, 0) is 24.3 Å². The Bertz CT molecular complexity index is 161. The first-order valence-corrected chi connectivity index (χ1v) is 5.16. The van der Waals surface area contributed by atoms with Crippen LogP contribution in [0.15, 0.2) is 12.2 Å². The zero-order chi connectivity index (χ0) is 9.68. The molecule has 0 aromatic heterocycles. The molecule has 0 amide bonds. The van der Waals surface area contributed by atoms with Gasteiger partial charge in [-0.15, -0.1) is 0 Å². The average Bonchev–Trinajstić information content (AvgIpc) is 2.83. The molecule has 0 spiro atoms. The van der Waals surface area contributed by atoms with Crippen LogP contribution in [0.4, 0.5) is 0 Å². The molecule has 0 bridgehead atoms. The standard InChI is InChI=1S/C11H21NO/c1-9(2)7-13-8-10(3)6-12-11-4-5-11/h9,11-12H,3-8H2,1-2H3. The van der Waals surface area contributed by atoms with E-state index in [0.29, 0.717) is 12.5 Å². The van der Waals surface area contributed by atoms with Crippen LogP contribution in [-0.4, -0.2) is 25.8 Å². The summed E-state index contributed by atoms with van der Waals surface area (Å²) in [6.45, 7) is 10.7. The summed E-state index contributed by atoms with van der Waals surface area (Å²) in [6, 6.07) is 0.766. The normalized spacial score (nSPS) is 16.5. The largest absolute Gasteiger partial charge is 0.377 e. The summed E-state index contributed by atoms with van der Waals surface area (Å²) in [5, 5.41) is 3.41. The molecule has 0 aromatic carbocycles. The lowest BCUT2D eigenvalue weighted by atomic mass is 10.2. The Kier molecular flexibility index (Phi) is 4.46. The summed E-state index contributed by atoms with van der Waals surface area (Å²) in [4.78, 5) is 0. The maximum Gasteiger partial charge on any atom is 0.0686 e. The minimum atomic E-state index is 0.615. The maximum atomic E-state index is 5.47. The van der Waals surface area contributed by atoms with Crippen molar-refractivity contribution in [3.8, 4) is 0 Å². The van der Waals surface area contributed by atoms with Gasteiger partial charge in [-0.25, -0.2) is 0 Å². The van der Waals surface area contributed by atoms with Crippen molar-refractivity contribution in [2.24, 2.45) is 5.92 Å². The van der Waals surface area contributed by atoms with Crippen molar-refractivity contribution in [2.75, 3.05) is 19.8 Å². The predicted molar refractivity (Wildman–Crippen MR) is 55.8 cm³/mol. The van der Waals surface area contributed by atoms with Crippen LogP contribution >= 0.6 is 0 Å². The third kappa shape index (κ3) is 5.83. The molecular formula is C11H21NO. The Hall–Kier alpha value is -0.340. The number of ether oxygens (including phenoxy) is 1. The van der Waals surface area contributed by atoms with Gasteiger partial charge in [0.2, 0.25) is 0 Å². The highest BCUT2D eigenvalue weighted by atomic mass is 16.5. The first-order chi connectivity index (χ1) is 6.18. The molecule has 1 N–H and O–H groups in total. The second-order valence-electron chi connectivity index (χ2n) is 4.31. The lowest BCUT2D eigenvalue weighted by molar-refractivity contribution is 0.128. The molecule has 1 rings (SSSR count). The Balaban J connectivity index is 1.90. The minimum Gasteiger partial charge on any atom is -0.377 e. The van der Waals surface area contributed by atoms with Crippen molar-refractivity contribution in [2.45, 2.75) is 32.7 Å². The van der Waals surface area contributed by atoms with Crippen molar-refractivity contribution in [3.63, 3.8) is 0 Å².